The van der Waals surface area contributed by atoms with Crippen LogP contribution < -0.4 is 5.73 Å². The van der Waals surface area contributed by atoms with Crippen molar-refractivity contribution in [2.24, 2.45) is 5.73 Å². The second kappa shape index (κ2) is 4.31. The minimum atomic E-state index is 0.0829. The van der Waals surface area contributed by atoms with Crippen molar-refractivity contribution >= 4 is 11.8 Å². The van der Waals surface area contributed by atoms with E-state index in [2.05, 4.69) is 10.1 Å². The van der Waals surface area contributed by atoms with Crippen LogP contribution in [0.15, 0.2) is 4.52 Å². The summed E-state index contributed by atoms with van der Waals surface area (Å²) in [4.78, 5) is 4.35. The average Bonchev–Trinajstić information content (AvgIpc) is 2.69. The number of rotatable bonds is 3. The maximum Gasteiger partial charge on any atom is 0.228 e. The topological polar surface area (TPSA) is 64.9 Å². The minimum Gasteiger partial charge on any atom is -0.339 e. The van der Waals surface area contributed by atoms with Gasteiger partial charge in [-0.15, -0.1) is 0 Å². The Morgan fingerprint density at radius 2 is 2.57 bits per heavy atom. The van der Waals surface area contributed by atoms with Crippen molar-refractivity contribution in [3.05, 3.63) is 11.7 Å². The monoisotopic (exact) mass is 213 g/mol. The molecular weight excluding hydrogens is 198 g/mol. The molecule has 1 aromatic heterocycles. The normalized spacial score (nSPS) is 24.0. The Labute approximate surface area is 87.6 Å². The molecule has 2 rings (SSSR count). The summed E-state index contributed by atoms with van der Waals surface area (Å²) in [6.45, 7) is 1.94. The largest absolute Gasteiger partial charge is 0.339 e. The van der Waals surface area contributed by atoms with Crippen LogP contribution in [-0.2, 0) is 6.42 Å². The summed E-state index contributed by atoms with van der Waals surface area (Å²) in [5.41, 5.74) is 5.65. The molecule has 0 amide bonds. The molecule has 78 valence electrons. The molecule has 5 heteroatoms. The zero-order valence-corrected chi connectivity index (χ0v) is 9.09. The molecule has 0 saturated carbocycles. The molecule has 2 heterocycles. The highest BCUT2D eigenvalue weighted by atomic mass is 32.2. The van der Waals surface area contributed by atoms with Gasteiger partial charge in [0.1, 0.15) is 0 Å². The molecule has 1 aromatic rings. The third-order valence-electron chi connectivity index (χ3n) is 2.20. The van der Waals surface area contributed by atoms with Gasteiger partial charge in [-0.1, -0.05) is 5.16 Å². The van der Waals surface area contributed by atoms with Crippen LogP contribution in [0.3, 0.4) is 0 Å². The number of hydrogen-bond donors (Lipinski definition) is 1. The lowest BCUT2D eigenvalue weighted by Crippen LogP contribution is -2.17. The molecule has 0 aromatic carbocycles. The molecule has 14 heavy (non-hydrogen) atoms. The highest BCUT2D eigenvalue weighted by molar-refractivity contribution is 7.99. The van der Waals surface area contributed by atoms with E-state index in [0.717, 1.165) is 5.82 Å². The van der Waals surface area contributed by atoms with E-state index in [4.69, 9.17) is 10.3 Å². The van der Waals surface area contributed by atoms with Crippen LogP contribution in [0.4, 0.5) is 0 Å². The van der Waals surface area contributed by atoms with E-state index in [1.165, 1.54) is 18.6 Å². The van der Waals surface area contributed by atoms with Crippen LogP contribution in [0.1, 0.15) is 36.7 Å². The van der Waals surface area contributed by atoms with E-state index in [1.54, 1.807) is 0 Å². The Morgan fingerprint density at radius 1 is 1.71 bits per heavy atom. The molecule has 0 aliphatic carbocycles. The summed E-state index contributed by atoms with van der Waals surface area (Å²) >= 11 is 1.91. The van der Waals surface area contributed by atoms with Gasteiger partial charge in [0, 0.05) is 12.5 Å². The highest BCUT2D eigenvalue weighted by Crippen LogP contribution is 2.38. The quantitative estimate of drug-likeness (QED) is 0.824. The molecule has 1 saturated heterocycles. The van der Waals surface area contributed by atoms with E-state index >= 15 is 0 Å². The van der Waals surface area contributed by atoms with E-state index in [0.29, 0.717) is 17.6 Å². The van der Waals surface area contributed by atoms with E-state index in [-0.39, 0.29) is 6.04 Å². The first kappa shape index (κ1) is 9.98. The fraction of sp³-hybridized carbons (Fsp3) is 0.778. The molecule has 0 bridgehead atoms. The lowest BCUT2D eigenvalue weighted by Gasteiger charge is -1.99. The third kappa shape index (κ3) is 2.27. The Bertz CT molecular complexity index is 294. The first-order chi connectivity index (χ1) is 6.75. The molecule has 0 spiro atoms. The van der Waals surface area contributed by atoms with Gasteiger partial charge in [-0.25, -0.2) is 0 Å². The molecule has 4 nitrogen and oxygen atoms in total. The van der Waals surface area contributed by atoms with Crippen molar-refractivity contribution in [1.29, 1.82) is 0 Å². The van der Waals surface area contributed by atoms with Crippen LogP contribution in [0.25, 0.3) is 0 Å². The van der Waals surface area contributed by atoms with Crippen molar-refractivity contribution in [1.82, 2.24) is 10.1 Å². The van der Waals surface area contributed by atoms with Gasteiger partial charge in [0.05, 0.1) is 5.25 Å². The van der Waals surface area contributed by atoms with Crippen LogP contribution >= 0.6 is 11.8 Å². The number of aromatic nitrogens is 2. The predicted octanol–water partition coefficient (Wildman–Crippen LogP) is 1.53. The lowest BCUT2D eigenvalue weighted by atomic mass is 10.2. The summed E-state index contributed by atoms with van der Waals surface area (Å²) in [6.07, 6.45) is 3.10. The van der Waals surface area contributed by atoms with Crippen molar-refractivity contribution < 1.29 is 4.52 Å². The molecule has 1 fully saturated rings. The lowest BCUT2D eigenvalue weighted by molar-refractivity contribution is 0.366. The average molecular weight is 213 g/mol. The van der Waals surface area contributed by atoms with Crippen LogP contribution in [0.5, 0.6) is 0 Å². The predicted molar refractivity (Wildman–Crippen MR) is 56.1 cm³/mol. The number of hydrogen-bond acceptors (Lipinski definition) is 5. The Balaban J connectivity index is 2.01. The molecule has 1 aliphatic rings. The van der Waals surface area contributed by atoms with Crippen molar-refractivity contribution in [2.45, 2.75) is 37.5 Å². The van der Waals surface area contributed by atoms with Gasteiger partial charge < -0.3 is 10.3 Å². The molecule has 1 aliphatic heterocycles. The SMILES string of the molecule is CC(N)Cc1nc(C2CCCS2)no1. The second-order valence-corrected chi connectivity index (χ2v) is 5.04. The maximum atomic E-state index is 5.65. The first-order valence-corrected chi connectivity index (χ1v) is 6.00. The fourth-order valence-corrected chi connectivity index (χ4v) is 2.73. The van der Waals surface area contributed by atoms with E-state index in [1.807, 2.05) is 18.7 Å². The highest BCUT2D eigenvalue weighted by Gasteiger charge is 2.22. The summed E-state index contributed by atoms with van der Waals surface area (Å²) in [6, 6.07) is 0.0829. The molecule has 2 atom stereocenters. The second-order valence-electron chi connectivity index (χ2n) is 3.73. The minimum absolute atomic E-state index is 0.0829. The van der Waals surface area contributed by atoms with E-state index < -0.39 is 0 Å². The molecular formula is C9H15N3OS. The zero-order chi connectivity index (χ0) is 9.97. The maximum absolute atomic E-state index is 5.65. The van der Waals surface area contributed by atoms with Gasteiger partial charge in [0.15, 0.2) is 5.82 Å². The van der Waals surface area contributed by atoms with Gasteiger partial charge in [-0.3, -0.25) is 0 Å². The molecule has 2 N–H and O–H groups in total. The molecule has 0 radical (unpaired) electrons. The summed E-state index contributed by atoms with van der Waals surface area (Å²) in [7, 11) is 0. The Morgan fingerprint density at radius 3 is 3.21 bits per heavy atom. The number of nitrogens with two attached hydrogens (primary N) is 1. The summed E-state index contributed by atoms with van der Waals surface area (Å²) < 4.78 is 5.13. The first-order valence-electron chi connectivity index (χ1n) is 4.95. The van der Waals surface area contributed by atoms with Crippen molar-refractivity contribution in [3.63, 3.8) is 0 Å². The van der Waals surface area contributed by atoms with Crippen molar-refractivity contribution in [2.75, 3.05) is 5.75 Å². The van der Waals surface area contributed by atoms with E-state index in [9.17, 15) is 0 Å². The van der Waals surface area contributed by atoms with Gasteiger partial charge in [-0.2, -0.15) is 16.7 Å². The van der Waals surface area contributed by atoms with Gasteiger partial charge in [0.25, 0.3) is 0 Å². The Kier molecular flexibility index (Phi) is 3.08. The summed E-state index contributed by atoms with van der Waals surface area (Å²) in [5, 5.41) is 4.43. The van der Waals surface area contributed by atoms with Crippen LogP contribution in [0, 0.1) is 0 Å². The standard InChI is InChI=1S/C9H15N3OS/c1-6(10)5-8-11-9(12-13-8)7-3-2-4-14-7/h6-7H,2-5,10H2,1H3. The number of nitrogens with zero attached hydrogens (tertiary/aromatic N) is 2. The third-order valence-corrected chi connectivity index (χ3v) is 3.57. The van der Waals surface area contributed by atoms with Gasteiger partial charge >= 0.3 is 0 Å². The smallest absolute Gasteiger partial charge is 0.228 e. The summed E-state index contributed by atoms with van der Waals surface area (Å²) in [5.74, 6) is 2.73. The fourth-order valence-electron chi connectivity index (χ4n) is 1.54. The van der Waals surface area contributed by atoms with Crippen LogP contribution in [-0.4, -0.2) is 21.9 Å². The molecule has 2 unspecified atom stereocenters. The van der Waals surface area contributed by atoms with Gasteiger partial charge in [-0.05, 0) is 25.5 Å². The van der Waals surface area contributed by atoms with Gasteiger partial charge in [0.2, 0.25) is 5.89 Å². The Hall–Kier alpha value is -0.550. The zero-order valence-electron chi connectivity index (χ0n) is 8.27. The van der Waals surface area contributed by atoms with Crippen molar-refractivity contribution in [3.8, 4) is 0 Å². The van der Waals surface area contributed by atoms with Crippen LogP contribution in [0.2, 0.25) is 0 Å². The number of thioether (sulfide) groups is 1.